The van der Waals surface area contributed by atoms with Gasteiger partial charge in [0.05, 0.1) is 0 Å². The zero-order chi connectivity index (χ0) is 17.3. The van der Waals surface area contributed by atoms with Gasteiger partial charge in [0, 0.05) is 0 Å². The predicted octanol–water partition coefficient (Wildman–Crippen LogP) is -0.616. The van der Waals surface area contributed by atoms with Crippen LogP contribution in [-0.4, -0.2) is 72.0 Å². The van der Waals surface area contributed by atoms with Crippen molar-refractivity contribution in [3.63, 3.8) is 0 Å². The maximum absolute atomic E-state index is 11.0. The third kappa shape index (κ3) is 14.3. The van der Waals surface area contributed by atoms with E-state index < -0.39 is 39.1 Å². The summed E-state index contributed by atoms with van der Waals surface area (Å²) in [7, 11) is -29.3. The molecular weight excluding hydrogens is 451 g/mol. The zero-order valence-electron chi connectivity index (χ0n) is 11.7. The van der Waals surface area contributed by atoms with Crippen molar-refractivity contribution in [3.8, 4) is 0 Å². The van der Waals surface area contributed by atoms with E-state index in [0.29, 0.717) is 0 Å². The second-order valence-electron chi connectivity index (χ2n) is 2.71. The number of phosphoric acid groups is 5. The molecule has 2 unspecified atom stereocenters. The van der Waals surface area contributed by atoms with E-state index in [4.69, 9.17) is 34.3 Å². The van der Waals surface area contributed by atoms with Crippen molar-refractivity contribution in [1.82, 2.24) is 0 Å². The number of rotatable bonds is 8. The smallest absolute Gasteiger partial charge is 1.00 e. The molecule has 0 radical (unpaired) electrons. The Morgan fingerprint density at radius 1 is 0.500 bits per heavy atom. The molecule has 0 saturated heterocycles. The fourth-order valence-corrected chi connectivity index (χ4v) is 5.97. The van der Waals surface area contributed by atoms with Gasteiger partial charge < -0.3 is 37.1 Å². The van der Waals surface area contributed by atoms with E-state index in [-0.39, 0.29) is 40.6 Å². The van der Waals surface area contributed by atoms with Crippen LogP contribution < -0.4 is 0 Å². The molecule has 22 heteroatoms. The Hall–Kier alpha value is 1.97. The van der Waals surface area contributed by atoms with Crippen LogP contribution >= 0.6 is 39.1 Å². The van der Waals surface area contributed by atoms with Crippen LogP contribution in [0.15, 0.2) is 0 Å². The minimum absolute atomic E-state index is 0. The van der Waals surface area contributed by atoms with Crippen molar-refractivity contribution in [3.05, 3.63) is 0 Å². The summed E-state index contributed by atoms with van der Waals surface area (Å²) in [4.78, 5) is 58.7. The van der Waals surface area contributed by atoms with Crippen LogP contribution in [-0.2, 0) is 40.1 Å². The molecule has 0 saturated carbocycles. The normalized spacial score (nSPS) is 21.0. The Morgan fingerprint density at radius 2 is 0.682 bits per heavy atom. The van der Waals surface area contributed by atoms with E-state index in [9.17, 15) is 22.8 Å². The van der Waals surface area contributed by atoms with Crippen LogP contribution in [0.3, 0.4) is 0 Å². The first-order valence-electron chi connectivity index (χ1n) is 3.77. The molecule has 16 nitrogen and oxygen atoms in total. The van der Waals surface area contributed by atoms with Crippen molar-refractivity contribution in [2.24, 2.45) is 0 Å². The minimum Gasteiger partial charge on any atom is -1.00 e. The van der Waals surface area contributed by atoms with E-state index in [1.807, 2.05) is 0 Å². The maximum Gasteiger partial charge on any atom is 2.00 e. The predicted molar refractivity (Wildman–Crippen MR) is 65.9 cm³/mol. The van der Waals surface area contributed by atoms with E-state index in [1.54, 1.807) is 0 Å². The molecule has 22 heavy (non-hydrogen) atoms. The van der Waals surface area contributed by atoms with Gasteiger partial charge in [-0.3, -0.25) is 0 Å². The summed E-state index contributed by atoms with van der Waals surface area (Å²) in [5.41, 5.74) is 0. The van der Waals surface area contributed by atoms with E-state index in [0.717, 1.165) is 0 Å². The fourth-order valence-electron chi connectivity index (χ4n) is 0.574. The van der Waals surface area contributed by atoms with Gasteiger partial charge in [0.15, 0.2) is 0 Å². The Balaban J connectivity index is -0.000000667. The molecule has 0 spiro atoms. The number of hydrogen-bond acceptors (Lipinski definition) is 9. The van der Waals surface area contributed by atoms with Crippen LogP contribution in [0.1, 0.15) is 2.85 Å². The van der Waals surface area contributed by atoms with Crippen LogP contribution in [0.25, 0.3) is 0 Å². The molecule has 0 aliphatic carbocycles. The SMILES string of the molecule is O=P(O)(O)OP(=O)(O)OP(=O)(O)OP(=O)(O)OP(=O)(O)O.[Ca+2].[H-].[H-]. The summed E-state index contributed by atoms with van der Waals surface area (Å²) in [6.45, 7) is 0. The molecule has 132 valence electrons. The molecule has 0 fully saturated rings. The zero-order valence-corrected chi connectivity index (χ0v) is 16.4. The van der Waals surface area contributed by atoms with Gasteiger partial charge in [0.2, 0.25) is 0 Å². The Kier molecular flexibility index (Phi) is 10.2. The van der Waals surface area contributed by atoms with Crippen molar-refractivity contribution in [2.75, 3.05) is 0 Å². The molecule has 0 aromatic heterocycles. The van der Waals surface area contributed by atoms with Gasteiger partial charge in [-0.1, -0.05) is 0 Å². The first-order valence-corrected chi connectivity index (χ1v) is 11.3. The molecule has 0 aromatic carbocycles. The fraction of sp³-hybridized carbons (Fsp3) is 0. The summed E-state index contributed by atoms with van der Waals surface area (Å²) in [6.07, 6.45) is 0. The van der Waals surface area contributed by atoms with Gasteiger partial charge in [0.1, 0.15) is 0 Å². The van der Waals surface area contributed by atoms with E-state index in [1.165, 1.54) is 0 Å². The Morgan fingerprint density at radius 3 is 0.864 bits per heavy atom. The number of hydrogen-bond donors (Lipinski definition) is 7. The quantitative estimate of drug-likeness (QED) is 0.176. The average molecular weight is 460 g/mol. The minimum atomic E-state index is -6.07. The molecule has 0 heterocycles. The molecule has 0 aliphatic heterocycles. The maximum atomic E-state index is 11.0. The summed E-state index contributed by atoms with van der Waals surface area (Å²) in [5, 5.41) is 0. The molecule has 0 bridgehead atoms. The molecule has 7 N–H and O–H groups in total. The molecule has 2 atom stereocenters. The van der Waals surface area contributed by atoms with Gasteiger partial charge >= 0.3 is 76.9 Å². The molecular formula is H9CaO16P5. The van der Waals surface area contributed by atoms with E-state index in [2.05, 4.69) is 17.2 Å². The summed E-state index contributed by atoms with van der Waals surface area (Å²) >= 11 is 0. The third-order valence-electron chi connectivity index (χ3n) is 0.832. The average Bonchev–Trinajstić information content (AvgIpc) is 1.83. The van der Waals surface area contributed by atoms with Crippen molar-refractivity contribution >= 4 is 76.9 Å². The van der Waals surface area contributed by atoms with Crippen LogP contribution in [0.5, 0.6) is 0 Å². The van der Waals surface area contributed by atoms with Crippen molar-refractivity contribution < 1.29 is 77.2 Å². The van der Waals surface area contributed by atoms with Crippen LogP contribution in [0.2, 0.25) is 0 Å². The summed E-state index contributed by atoms with van der Waals surface area (Å²) in [5.74, 6) is 0. The van der Waals surface area contributed by atoms with Crippen molar-refractivity contribution in [1.29, 1.82) is 0 Å². The first-order chi connectivity index (χ1) is 8.83. The van der Waals surface area contributed by atoms with Gasteiger partial charge in [-0.05, 0) is 0 Å². The summed E-state index contributed by atoms with van der Waals surface area (Å²) < 4.78 is 65.6. The van der Waals surface area contributed by atoms with Gasteiger partial charge in [-0.15, -0.1) is 0 Å². The van der Waals surface area contributed by atoms with Crippen LogP contribution in [0, 0.1) is 0 Å². The standard InChI is InChI=1S/Ca.H7O16P5.2H/c;1-17(2,3)13-19(7,8)15-21(11,12)16-20(9,10)14-18(4,5)6;;/h;(H,7,8)(H,9,10)(H,11,12)(H2,1,2,3)(H2,4,5,6);;/q+2;;2*-1. The topological polar surface area (TPSA) is 264 Å². The first kappa shape index (κ1) is 26.2. The second kappa shape index (κ2) is 8.57. The monoisotopic (exact) mass is 460 g/mol. The molecule has 0 amide bonds. The van der Waals surface area contributed by atoms with Gasteiger partial charge in [0.25, 0.3) is 0 Å². The van der Waals surface area contributed by atoms with Gasteiger partial charge in [-0.2, -0.15) is 17.2 Å². The Bertz CT molecular complexity index is 562. The third-order valence-corrected chi connectivity index (χ3v) is 7.49. The summed E-state index contributed by atoms with van der Waals surface area (Å²) in [6, 6.07) is 0. The molecule has 0 aromatic rings. The van der Waals surface area contributed by atoms with Crippen molar-refractivity contribution in [2.45, 2.75) is 0 Å². The van der Waals surface area contributed by atoms with E-state index >= 15 is 0 Å². The van der Waals surface area contributed by atoms with Crippen LogP contribution in [0.4, 0.5) is 0 Å². The second-order valence-corrected chi connectivity index (χ2v) is 10.1. The largest absolute Gasteiger partial charge is 2.00 e. The van der Waals surface area contributed by atoms with Gasteiger partial charge in [-0.25, -0.2) is 22.8 Å². The molecule has 0 rings (SSSR count). The Labute approximate surface area is 153 Å². The molecule has 0 aliphatic rings.